The van der Waals surface area contributed by atoms with Crippen molar-refractivity contribution in [2.75, 3.05) is 12.8 Å². The predicted octanol–water partition coefficient (Wildman–Crippen LogP) is 0.517. The maximum absolute atomic E-state index is 12.1. The second kappa shape index (κ2) is 6.08. The van der Waals surface area contributed by atoms with Gasteiger partial charge in [-0.3, -0.25) is 9.59 Å². The van der Waals surface area contributed by atoms with Crippen LogP contribution in [0.5, 0.6) is 5.75 Å². The zero-order valence-corrected chi connectivity index (χ0v) is 11.3. The average Bonchev–Trinajstić information content (AvgIpc) is 2.35. The number of methoxy groups -OCH3 is 1. The molecule has 0 saturated carbocycles. The van der Waals surface area contributed by atoms with Crippen LogP contribution in [0, 0.1) is 5.92 Å². The summed E-state index contributed by atoms with van der Waals surface area (Å²) >= 11 is 0. The quantitative estimate of drug-likeness (QED) is 0.674. The van der Waals surface area contributed by atoms with Crippen molar-refractivity contribution in [1.82, 2.24) is 5.32 Å². The summed E-state index contributed by atoms with van der Waals surface area (Å²) in [5.41, 5.74) is 11.6. The van der Waals surface area contributed by atoms with E-state index in [9.17, 15) is 9.59 Å². The molecule has 0 aliphatic rings. The zero-order valence-electron chi connectivity index (χ0n) is 11.3. The van der Waals surface area contributed by atoms with Crippen molar-refractivity contribution in [1.29, 1.82) is 0 Å². The van der Waals surface area contributed by atoms with Crippen LogP contribution < -0.4 is 21.5 Å². The topological polar surface area (TPSA) is 107 Å². The largest absolute Gasteiger partial charge is 0.497 e. The number of anilines is 1. The summed E-state index contributed by atoms with van der Waals surface area (Å²) in [7, 11) is 1.49. The predicted molar refractivity (Wildman–Crippen MR) is 72.7 cm³/mol. The molecule has 0 saturated heterocycles. The molecule has 6 nitrogen and oxygen atoms in total. The van der Waals surface area contributed by atoms with Crippen LogP contribution >= 0.6 is 0 Å². The fraction of sp³-hybridized carbons (Fsp3) is 0.385. The van der Waals surface area contributed by atoms with Gasteiger partial charge in [-0.2, -0.15) is 0 Å². The molecule has 1 aromatic rings. The van der Waals surface area contributed by atoms with Crippen molar-refractivity contribution in [3.63, 3.8) is 0 Å². The summed E-state index contributed by atoms with van der Waals surface area (Å²) in [5, 5.41) is 2.58. The molecule has 0 radical (unpaired) electrons. The van der Waals surface area contributed by atoms with Crippen LogP contribution in [-0.4, -0.2) is 25.0 Å². The van der Waals surface area contributed by atoms with Gasteiger partial charge in [-0.1, -0.05) is 13.8 Å². The third-order valence-electron chi connectivity index (χ3n) is 2.76. The Morgan fingerprint density at radius 1 is 1.32 bits per heavy atom. The molecule has 1 aromatic carbocycles. The Kier molecular flexibility index (Phi) is 4.74. The molecule has 6 heteroatoms. The summed E-state index contributed by atoms with van der Waals surface area (Å²) in [5.74, 6) is -0.619. The van der Waals surface area contributed by atoms with Crippen LogP contribution in [0.4, 0.5) is 5.69 Å². The second-order valence-corrected chi connectivity index (χ2v) is 4.55. The average molecular weight is 265 g/mol. The lowest BCUT2D eigenvalue weighted by Crippen LogP contribution is -2.47. The SMILES string of the molecule is COc1ccc(N)c(C(=O)NC(C(N)=O)C(C)C)c1. The molecule has 5 N–H and O–H groups in total. The number of primary amides is 1. The van der Waals surface area contributed by atoms with E-state index in [1.165, 1.54) is 13.2 Å². The van der Waals surface area contributed by atoms with E-state index in [1.807, 2.05) is 0 Å². The van der Waals surface area contributed by atoms with Gasteiger partial charge in [-0.25, -0.2) is 0 Å². The lowest BCUT2D eigenvalue weighted by molar-refractivity contribution is -0.120. The van der Waals surface area contributed by atoms with Gasteiger partial charge in [0.1, 0.15) is 11.8 Å². The second-order valence-electron chi connectivity index (χ2n) is 4.55. The number of hydrogen-bond donors (Lipinski definition) is 3. The molecule has 1 unspecified atom stereocenters. The maximum Gasteiger partial charge on any atom is 0.254 e. The van der Waals surface area contributed by atoms with E-state index < -0.39 is 17.9 Å². The molecular weight excluding hydrogens is 246 g/mol. The summed E-state index contributed by atoms with van der Waals surface area (Å²) in [6, 6.07) is 4.00. The first-order chi connectivity index (χ1) is 8.86. The molecule has 0 aromatic heterocycles. The molecule has 1 atom stereocenters. The monoisotopic (exact) mass is 265 g/mol. The molecule has 0 heterocycles. The molecule has 0 aliphatic carbocycles. The van der Waals surface area contributed by atoms with Gasteiger partial charge in [0.15, 0.2) is 0 Å². The summed E-state index contributed by atoms with van der Waals surface area (Å²) < 4.78 is 5.03. The first-order valence-corrected chi connectivity index (χ1v) is 5.90. The standard InChI is InChI=1S/C13H19N3O3/c1-7(2)11(12(15)17)16-13(18)9-6-8(19-3)4-5-10(9)14/h4-7,11H,14H2,1-3H3,(H2,15,17)(H,16,18). The first-order valence-electron chi connectivity index (χ1n) is 5.90. The minimum absolute atomic E-state index is 0.103. The number of carbonyl (C=O) groups is 2. The Bertz CT molecular complexity index is 486. The van der Waals surface area contributed by atoms with E-state index in [0.29, 0.717) is 11.4 Å². The van der Waals surface area contributed by atoms with Crippen molar-refractivity contribution in [2.24, 2.45) is 11.7 Å². The van der Waals surface area contributed by atoms with Crippen molar-refractivity contribution in [3.05, 3.63) is 23.8 Å². The van der Waals surface area contributed by atoms with Crippen molar-refractivity contribution < 1.29 is 14.3 Å². The fourth-order valence-electron chi connectivity index (χ4n) is 1.64. The van der Waals surface area contributed by atoms with Gasteiger partial charge >= 0.3 is 0 Å². The highest BCUT2D eigenvalue weighted by Crippen LogP contribution is 2.19. The van der Waals surface area contributed by atoms with Gasteiger partial charge in [0.05, 0.1) is 12.7 Å². The maximum atomic E-state index is 12.1. The molecule has 0 bridgehead atoms. The number of benzene rings is 1. The van der Waals surface area contributed by atoms with E-state index in [0.717, 1.165) is 0 Å². The molecule has 2 amide bonds. The number of ether oxygens (including phenoxy) is 1. The van der Waals surface area contributed by atoms with Crippen LogP contribution in [0.25, 0.3) is 0 Å². The Morgan fingerprint density at radius 3 is 2.42 bits per heavy atom. The molecular formula is C13H19N3O3. The van der Waals surface area contributed by atoms with Crippen LogP contribution in [0.3, 0.4) is 0 Å². The van der Waals surface area contributed by atoms with Gasteiger partial charge in [0, 0.05) is 5.69 Å². The van der Waals surface area contributed by atoms with Gasteiger partial charge < -0.3 is 21.5 Å². The smallest absolute Gasteiger partial charge is 0.254 e. The van der Waals surface area contributed by atoms with E-state index >= 15 is 0 Å². The fourth-order valence-corrected chi connectivity index (χ4v) is 1.64. The van der Waals surface area contributed by atoms with Crippen LogP contribution in [0.2, 0.25) is 0 Å². The van der Waals surface area contributed by atoms with Crippen molar-refractivity contribution in [2.45, 2.75) is 19.9 Å². The van der Waals surface area contributed by atoms with Crippen LogP contribution in [0.1, 0.15) is 24.2 Å². The van der Waals surface area contributed by atoms with E-state index in [-0.39, 0.29) is 11.5 Å². The number of nitrogens with two attached hydrogens (primary N) is 2. The summed E-state index contributed by atoms with van der Waals surface area (Å²) in [6.07, 6.45) is 0. The number of nitrogen functional groups attached to an aromatic ring is 1. The zero-order chi connectivity index (χ0) is 14.6. The third kappa shape index (κ3) is 3.61. The minimum Gasteiger partial charge on any atom is -0.497 e. The Labute approximate surface area is 112 Å². The number of hydrogen-bond acceptors (Lipinski definition) is 4. The number of nitrogens with one attached hydrogen (secondary N) is 1. The molecule has 104 valence electrons. The van der Waals surface area contributed by atoms with E-state index in [2.05, 4.69) is 5.32 Å². The summed E-state index contributed by atoms with van der Waals surface area (Å²) in [4.78, 5) is 23.4. The first kappa shape index (κ1) is 14.8. The summed E-state index contributed by atoms with van der Waals surface area (Å²) in [6.45, 7) is 3.59. The molecule has 0 aliphatic heterocycles. The molecule has 19 heavy (non-hydrogen) atoms. The van der Waals surface area contributed by atoms with Crippen molar-refractivity contribution in [3.8, 4) is 5.75 Å². The third-order valence-corrected chi connectivity index (χ3v) is 2.76. The molecule has 0 fully saturated rings. The highest BCUT2D eigenvalue weighted by molar-refractivity contribution is 6.01. The van der Waals surface area contributed by atoms with Gasteiger partial charge in [0.25, 0.3) is 5.91 Å². The van der Waals surface area contributed by atoms with Crippen LogP contribution in [-0.2, 0) is 4.79 Å². The Hall–Kier alpha value is -2.24. The van der Waals surface area contributed by atoms with Gasteiger partial charge in [0.2, 0.25) is 5.91 Å². The van der Waals surface area contributed by atoms with E-state index in [1.54, 1.807) is 26.0 Å². The molecule has 1 rings (SSSR count). The van der Waals surface area contributed by atoms with Crippen LogP contribution in [0.15, 0.2) is 18.2 Å². The molecule has 0 spiro atoms. The lowest BCUT2D eigenvalue weighted by Gasteiger charge is -2.19. The highest BCUT2D eigenvalue weighted by atomic mass is 16.5. The minimum atomic E-state index is -0.738. The number of amides is 2. The Morgan fingerprint density at radius 2 is 1.95 bits per heavy atom. The van der Waals surface area contributed by atoms with Crippen molar-refractivity contribution >= 4 is 17.5 Å². The highest BCUT2D eigenvalue weighted by Gasteiger charge is 2.23. The van der Waals surface area contributed by atoms with E-state index in [4.69, 9.17) is 16.2 Å². The number of carbonyl (C=O) groups excluding carboxylic acids is 2. The Balaban J connectivity index is 2.97. The van der Waals surface area contributed by atoms with Gasteiger partial charge in [-0.15, -0.1) is 0 Å². The number of rotatable bonds is 5. The van der Waals surface area contributed by atoms with Gasteiger partial charge in [-0.05, 0) is 24.1 Å². The normalized spacial score (nSPS) is 12.0. The lowest BCUT2D eigenvalue weighted by atomic mass is 10.0.